The molecule has 2 nitrogen and oxygen atoms in total. The summed E-state index contributed by atoms with van der Waals surface area (Å²) in [6, 6.07) is 15.2. The molecule has 2 unspecified atom stereocenters. The molecule has 2 aromatic rings. The molecule has 0 heterocycles. The first kappa shape index (κ1) is 15.4. The van der Waals surface area contributed by atoms with Gasteiger partial charge in [0.1, 0.15) is 0 Å². The molecule has 122 valence electrons. The lowest BCUT2D eigenvalue weighted by atomic mass is 9.81. The van der Waals surface area contributed by atoms with Gasteiger partial charge in [0.05, 0.1) is 6.04 Å². The van der Waals surface area contributed by atoms with Crippen molar-refractivity contribution in [3.8, 4) is 11.1 Å². The van der Waals surface area contributed by atoms with Gasteiger partial charge < -0.3 is 11.5 Å². The molecule has 0 bridgehead atoms. The smallest absolute Gasteiger partial charge is 0.0529 e. The molecule has 2 atom stereocenters. The van der Waals surface area contributed by atoms with E-state index < -0.39 is 0 Å². The molecular weight excluding hydrogens is 292 g/mol. The second-order valence-electron chi connectivity index (χ2n) is 7.39. The van der Waals surface area contributed by atoms with Crippen molar-refractivity contribution in [2.45, 2.75) is 37.8 Å². The van der Waals surface area contributed by atoms with Crippen molar-refractivity contribution in [1.29, 1.82) is 0 Å². The van der Waals surface area contributed by atoms with Crippen molar-refractivity contribution in [2.24, 2.45) is 11.5 Å². The highest BCUT2D eigenvalue weighted by molar-refractivity contribution is 5.81. The summed E-state index contributed by atoms with van der Waals surface area (Å²) >= 11 is 0. The molecule has 0 amide bonds. The summed E-state index contributed by atoms with van der Waals surface area (Å²) in [4.78, 5) is 0. The Morgan fingerprint density at radius 1 is 1.04 bits per heavy atom. The van der Waals surface area contributed by atoms with E-state index in [9.17, 15) is 0 Å². The van der Waals surface area contributed by atoms with Gasteiger partial charge in [-0.3, -0.25) is 0 Å². The SMILES string of the molecule is CC1(C)c2ccccc2-c2ccc(C(N)C3=CC=CCC3N)cc21. The minimum absolute atomic E-state index is 0.00458. The van der Waals surface area contributed by atoms with E-state index in [0.29, 0.717) is 0 Å². The number of allylic oxidation sites excluding steroid dienone is 2. The Morgan fingerprint density at radius 3 is 2.58 bits per heavy atom. The van der Waals surface area contributed by atoms with Gasteiger partial charge in [0.2, 0.25) is 0 Å². The topological polar surface area (TPSA) is 52.0 Å². The number of hydrogen-bond donors (Lipinski definition) is 2. The molecule has 0 aromatic heterocycles. The van der Waals surface area contributed by atoms with Crippen molar-refractivity contribution in [3.05, 3.63) is 83.0 Å². The van der Waals surface area contributed by atoms with Crippen LogP contribution in [0.3, 0.4) is 0 Å². The zero-order chi connectivity index (χ0) is 16.9. The minimum atomic E-state index is -0.144. The highest BCUT2D eigenvalue weighted by atomic mass is 14.7. The lowest BCUT2D eigenvalue weighted by Crippen LogP contribution is -2.30. The zero-order valence-corrected chi connectivity index (χ0v) is 14.3. The lowest BCUT2D eigenvalue weighted by Gasteiger charge is -2.26. The molecule has 4 rings (SSSR count). The monoisotopic (exact) mass is 316 g/mol. The highest BCUT2D eigenvalue weighted by Gasteiger charge is 2.35. The van der Waals surface area contributed by atoms with Crippen LogP contribution in [0.15, 0.2) is 66.3 Å². The molecular formula is C22H24N2. The Labute approximate surface area is 143 Å². The summed E-state index contributed by atoms with van der Waals surface area (Å²) in [5, 5.41) is 0. The number of hydrogen-bond acceptors (Lipinski definition) is 2. The number of nitrogens with two attached hydrogens (primary N) is 2. The maximum Gasteiger partial charge on any atom is 0.0529 e. The van der Waals surface area contributed by atoms with E-state index in [2.05, 4.69) is 74.5 Å². The van der Waals surface area contributed by atoms with Gasteiger partial charge in [0, 0.05) is 11.5 Å². The number of rotatable bonds is 2. The predicted molar refractivity (Wildman–Crippen MR) is 101 cm³/mol. The molecule has 0 fully saturated rings. The first-order chi connectivity index (χ1) is 11.5. The largest absolute Gasteiger partial charge is 0.324 e. The Morgan fingerprint density at radius 2 is 1.79 bits per heavy atom. The summed E-state index contributed by atoms with van der Waals surface area (Å²) in [6.45, 7) is 4.59. The fourth-order valence-electron chi connectivity index (χ4n) is 4.11. The third-order valence-electron chi connectivity index (χ3n) is 5.57. The van der Waals surface area contributed by atoms with Gasteiger partial charge in [-0.05, 0) is 39.8 Å². The Bertz CT molecular complexity index is 858. The average Bonchev–Trinajstić information content (AvgIpc) is 2.83. The quantitative estimate of drug-likeness (QED) is 0.872. The summed E-state index contributed by atoms with van der Waals surface area (Å²) in [5.41, 5.74) is 20.5. The maximum atomic E-state index is 6.57. The van der Waals surface area contributed by atoms with Gasteiger partial charge in [0.15, 0.2) is 0 Å². The van der Waals surface area contributed by atoms with Crippen LogP contribution in [-0.4, -0.2) is 6.04 Å². The molecule has 2 aliphatic carbocycles. The van der Waals surface area contributed by atoms with E-state index in [-0.39, 0.29) is 17.5 Å². The molecule has 2 heteroatoms. The van der Waals surface area contributed by atoms with Gasteiger partial charge in [-0.1, -0.05) is 74.5 Å². The number of benzene rings is 2. The molecule has 0 radical (unpaired) electrons. The van der Waals surface area contributed by atoms with Gasteiger partial charge >= 0.3 is 0 Å². The van der Waals surface area contributed by atoms with Gasteiger partial charge in [-0.25, -0.2) is 0 Å². The standard InChI is InChI=1S/C22H24N2/c1-22(2)18-9-5-3-7-15(18)16-12-11-14(13-19(16)22)21(24)17-8-4-6-10-20(17)23/h3-9,11-13,20-21H,10,23-24H2,1-2H3. The first-order valence-electron chi connectivity index (χ1n) is 8.62. The predicted octanol–water partition coefficient (Wildman–Crippen LogP) is 4.21. The van der Waals surface area contributed by atoms with Crippen LogP contribution in [0.5, 0.6) is 0 Å². The summed E-state index contributed by atoms with van der Waals surface area (Å²) in [5.74, 6) is 0. The third kappa shape index (κ3) is 2.18. The van der Waals surface area contributed by atoms with E-state index in [1.807, 2.05) is 0 Å². The second-order valence-corrected chi connectivity index (χ2v) is 7.39. The summed E-state index contributed by atoms with van der Waals surface area (Å²) < 4.78 is 0. The van der Waals surface area contributed by atoms with E-state index in [0.717, 1.165) is 17.6 Å². The lowest BCUT2D eigenvalue weighted by molar-refractivity contribution is 0.652. The van der Waals surface area contributed by atoms with E-state index in [4.69, 9.17) is 11.5 Å². The summed E-state index contributed by atoms with van der Waals surface area (Å²) in [7, 11) is 0. The Balaban J connectivity index is 1.79. The van der Waals surface area contributed by atoms with Gasteiger partial charge in [-0.15, -0.1) is 0 Å². The van der Waals surface area contributed by atoms with Crippen molar-refractivity contribution in [3.63, 3.8) is 0 Å². The van der Waals surface area contributed by atoms with Crippen LogP contribution < -0.4 is 11.5 Å². The molecule has 2 aliphatic rings. The molecule has 4 N–H and O–H groups in total. The third-order valence-corrected chi connectivity index (χ3v) is 5.57. The normalized spacial score (nSPS) is 21.8. The van der Waals surface area contributed by atoms with Gasteiger partial charge in [-0.2, -0.15) is 0 Å². The van der Waals surface area contributed by atoms with Crippen LogP contribution in [0.1, 0.15) is 43.0 Å². The highest BCUT2D eigenvalue weighted by Crippen LogP contribution is 2.49. The van der Waals surface area contributed by atoms with Gasteiger partial charge in [0.25, 0.3) is 0 Å². The molecule has 0 saturated heterocycles. The molecule has 0 spiro atoms. The molecule has 0 saturated carbocycles. The van der Waals surface area contributed by atoms with Crippen LogP contribution in [0.2, 0.25) is 0 Å². The second kappa shape index (κ2) is 5.44. The average molecular weight is 316 g/mol. The van der Waals surface area contributed by atoms with E-state index >= 15 is 0 Å². The van der Waals surface area contributed by atoms with Crippen LogP contribution in [0.25, 0.3) is 11.1 Å². The Hall–Kier alpha value is -2.16. The summed E-state index contributed by atoms with van der Waals surface area (Å²) in [6.07, 6.45) is 7.10. The molecule has 2 aromatic carbocycles. The molecule has 0 aliphatic heterocycles. The van der Waals surface area contributed by atoms with Crippen LogP contribution >= 0.6 is 0 Å². The van der Waals surface area contributed by atoms with Crippen molar-refractivity contribution in [2.75, 3.05) is 0 Å². The number of fused-ring (bicyclic) bond motifs is 3. The van der Waals surface area contributed by atoms with Crippen LogP contribution in [0.4, 0.5) is 0 Å². The van der Waals surface area contributed by atoms with Crippen molar-refractivity contribution in [1.82, 2.24) is 0 Å². The maximum absolute atomic E-state index is 6.57. The Kier molecular flexibility index (Phi) is 3.48. The molecule has 24 heavy (non-hydrogen) atoms. The van der Waals surface area contributed by atoms with Crippen LogP contribution in [0, 0.1) is 0 Å². The zero-order valence-electron chi connectivity index (χ0n) is 14.3. The fraction of sp³-hybridized carbons (Fsp3) is 0.273. The minimum Gasteiger partial charge on any atom is -0.324 e. The van der Waals surface area contributed by atoms with Crippen molar-refractivity contribution < 1.29 is 0 Å². The van der Waals surface area contributed by atoms with Crippen LogP contribution in [-0.2, 0) is 5.41 Å². The van der Waals surface area contributed by atoms with E-state index in [1.165, 1.54) is 22.3 Å². The fourth-order valence-corrected chi connectivity index (χ4v) is 4.11. The first-order valence-corrected chi connectivity index (χ1v) is 8.62. The van der Waals surface area contributed by atoms with E-state index in [1.54, 1.807) is 0 Å². The van der Waals surface area contributed by atoms with Crippen molar-refractivity contribution >= 4 is 0 Å².